The SMILES string of the molecule is C[C@H](NC(=O)CCOCCOCCOCCOCCNC(=O)CCN1C(=O)C=CC1=O)C(=O)N[C@@H](C)C(=O)Nc1ccc(COC(=O)Oc2ccc([N+](=O)[O-])cc2)cc1. The molecule has 0 saturated heterocycles. The molecule has 4 N–H and O–H groups in total. The summed E-state index contributed by atoms with van der Waals surface area (Å²) in [6.45, 7) is 5.30. The molecule has 1 aliphatic rings. The number of nitro groups is 1. The van der Waals surface area contributed by atoms with Crippen molar-refractivity contribution in [2.24, 2.45) is 0 Å². The Kier molecular flexibility index (Phi) is 20.6. The summed E-state index contributed by atoms with van der Waals surface area (Å²) in [6.07, 6.45) is 1.34. The lowest BCUT2D eigenvalue weighted by atomic mass is 10.2. The number of nitrogens with zero attached hydrogens (tertiary/aromatic N) is 2. The van der Waals surface area contributed by atoms with E-state index < -0.39 is 52.7 Å². The number of non-ortho nitro benzene ring substituents is 1. The minimum absolute atomic E-state index is 0.000787. The van der Waals surface area contributed by atoms with E-state index in [0.717, 1.165) is 4.90 Å². The fourth-order valence-electron chi connectivity index (χ4n) is 4.76. The van der Waals surface area contributed by atoms with Crippen molar-refractivity contribution in [2.75, 3.05) is 71.3 Å². The van der Waals surface area contributed by atoms with Gasteiger partial charge in [-0.15, -0.1) is 0 Å². The van der Waals surface area contributed by atoms with Crippen LogP contribution >= 0.6 is 0 Å². The number of benzene rings is 2. The van der Waals surface area contributed by atoms with Crippen LogP contribution in [0.3, 0.4) is 0 Å². The van der Waals surface area contributed by atoms with Crippen LogP contribution < -0.4 is 26.0 Å². The summed E-state index contributed by atoms with van der Waals surface area (Å²) in [4.78, 5) is 95.4. The van der Waals surface area contributed by atoms with Gasteiger partial charge < -0.3 is 49.7 Å². The Morgan fingerprint density at radius 3 is 1.85 bits per heavy atom. The van der Waals surface area contributed by atoms with Crippen molar-refractivity contribution >= 4 is 53.0 Å². The summed E-state index contributed by atoms with van der Waals surface area (Å²) in [5.41, 5.74) is 0.845. The Morgan fingerprint density at radius 2 is 1.25 bits per heavy atom. The maximum Gasteiger partial charge on any atom is 0.514 e. The second-order valence-corrected chi connectivity index (χ2v) is 12.6. The minimum Gasteiger partial charge on any atom is -0.429 e. The number of imide groups is 1. The molecule has 0 radical (unpaired) electrons. The summed E-state index contributed by atoms with van der Waals surface area (Å²) in [5, 5.41) is 21.1. The molecule has 0 bridgehead atoms. The third-order valence-corrected chi connectivity index (χ3v) is 7.97. The molecule has 21 nitrogen and oxygen atoms in total. The quantitative estimate of drug-likeness (QED) is 0.0246. The summed E-state index contributed by atoms with van der Waals surface area (Å²) in [5.74, 6) is -2.57. The van der Waals surface area contributed by atoms with Gasteiger partial charge in [0.15, 0.2) is 0 Å². The number of amides is 6. The van der Waals surface area contributed by atoms with Crippen molar-refractivity contribution in [1.29, 1.82) is 0 Å². The van der Waals surface area contributed by atoms with Crippen LogP contribution in [0, 0.1) is 10.1 Å². The monoisotopic (exact) mass is 828 g/mol. The first-order chi connectivity index (χ1) is 28.3. The van der Waals surface area contributed by atoms with Crippen molar-refractivity contribution in [2.45, 2.75) is 45.4 Å². The average molecular weight is 829 g/mol. The average Bonchev–Trinajstić information content (AvgIpc) is 3.53. The van der Waals surface area contributed by atoms with Gasteiger partial charge in [-0.05, 0) is 43.7 Å². The lowest BCUT2D eigenvalue weighted by Crippen LogP contribution is -2.50. The molecule has 1 aliphatic heterocycles. The van der Waals surface area contributed by atoms with E-state index in [1.54, 1.807) is 24.3 Å². The summed E-state index contributed by atoms with van der Waals surface area (Å²) < 4.78 is 31.6. The molecule has 21 heteroatoms. The molecular weight excluding hydrogens is 780 g/mol. The van der Waals surface area contributed by atoms with Crippen LogP contribution in [0.2, 0.25) is 0 Å². The van der Waals surface area contributed by atoms with Crippen LogP contribution in [0.5, 0.6) is 5.75 Å². The van der Waals surface area contributed by atoms with E-state index in [-0.39, 0.29) is 76.3 Å². The maximum absolute atomic E-state index is 12.7. The van der Waals surface area contributed by atoms with E-state index in [2.05, 4.69) is 21.3 Å². The van der Waals surface area contributed by atoms with Crippen molar-refractivity contribution in [3.8, 4) is 5.75 Å². The van der Waals surface area contributed by atoms with E-state index in [9.17, 15) is 43.7 Å². The number of anilines is 1. The van der Waals surface area contributed by atoms with Gasteiger partial charge in [0.2, 0.25) is 23.6 Å². The van der Waals surface area contributed by atoms with Gasteiger partial charge in [-0.2, -0.15) is 0 Å². The molecule has 0 unspecified atom stereocenters. The van der Waals surface area contributed by atoms with Crippen LogP contribution in [-0.2, 0) is 59.1 Å². The largest absolute Gasteiger partial charge is 0.514 e. The van der Waals surface area contributed by atoms with E-state index in [1.165, 1.54) is 50.3 Å². The van der Waals surface area contributed by atoms with Gasteiger partial charge in [-0.1, -0.05) is 12.1 Å². The van der Waals surface area contributed by atoms with Crippen LogP contribution in [-0.4, -0.2) is 129 Å². The first-order valence-electron chi connectivity index (χ1n) is 18.5. The number of nitro benzene ring substituents is 1. The maximum atomic E-state index is 12.7. The molecule has 1 heterocycles. The molecule has 0 fully saturated rings. The second-order valence-electron chi connectivity index (χ2n) is 12.6. The van der Waals surface area contributed by atoms with Crippen molar-refractivity contribution in [1.82, 2.24) is 20.9 Å². The predicted octanol–water partition coefficient (Wildman–Crippen LogP) is 1.15. The number of carbonyl (C=O) groups is 7. The van der Waals surface area contributed by atoms with Gasteiger partial charge in [-0.3, -0.25) is 43.8 Å². The van der Waals surface area contributed by atoms with Gasteiger partial charge in [0.1, 0.15) is 24.4 Å². The lowest BCUT2D eigenvalue weighted by Gasteiger charge is -2.18. The molecule has 2 aromatic rings. The summed E-state index contributed by atoms with van der Waals surface area (Å²) in [7, 11) is 0. The fraction of sp³-hybridized carbons (Fsp3) is 0.447. The number of ether oxygens (including phenoxy) is 6. The zero-order valence-corrected chi connectivity index (χ0v) is 32.6. The van der Waals surface area contributed by atoms with Crippen molar-refractivity contribution in [3.63, 3.8) is 0 Å². The smallest absolute Gasteiger partial charge is 0.429 e. The standard InChI is InChI=1S/C38H48N6O15/c1-26(36(49)41-27(2)37(50)42-29-5-3-28(4-6-29)25-58-38(51)59-31-9-7-30(8-10-31)44(52)53)40-33(46)14-17-54-19-21-56-23-24-57-22-20-55-18-15-39-32(45)13-16-43-34(47)11-12-35(43)48/h3-12,26-27H,13-25H2,1-2H3,(H,39,45)(H,40,46)(H,41,49)(H,42,50)/t26-,27-/m0/s1. The molecule has 6 amide bonds. The highest BCUT2D eigenvalue weighted by atomic mass is 16.7. The van der Waals surface area contributed by atoms with Gasteiger partial charge in [-0.25, -0.2) is 4.79 Å². The molecule has 59 heavy (non-hydrogen) atoms. The number of carbonyl (C=O) groups excluding carboxylic acids is 7. The molecule has 3 rings (SSSR count). The highest BCUT2D eigenvalue weighted by Gasteiger charge is 2.24. The second kappa shape index (κ2) is 25.9. The molecule has 0 aromatic heterocycles. The number of rotatable bonds is 27. The summed E-state index contributed by atoms with van der Waals surface area (Å²) in [6, 6.07) is 9.41. The normalized spacial score (nSPS) is 13.0. The zero-order valence-electron chi connectivity index (χ0n) is 32.6. The molecule has 2 aromatic carbocycles. The Labute approximate surface area is 339 Å². The first kappa shape index (κ1) is 47.1. The topological polar surface area (TPSA) is 269 Å². The zero-order chi connectivity index (χ0) is 43.0. The Balaban J connectivity index is 1.13. The Hall–Kier alpha value is -6.29. The van der Waals surface area contributed by atoms with Gasteiger partial charge in [0.05, 0.1) is 57.8 Å². The molecule has 0 saturated carbocycles. The van der Waals surface area contributed by atoms with Crippen LogP contribution in [0.1, 0.15) is 32.3 Å². The van der Waals surface area contributed by atoms with Crippen LogP contribution in [0.25, 0.3) is 0 Å². The number of hydrogen-bond donors (Lipinski definition) is 4. The Bertz CT molecular complexity index is 1750. The van der Waals surface area contributed by atoms with Crippen molar-refractivity contribution in [3.05, 3.63) is 76.4 Å². The fourth-order valence-corrected chi connectivity index (χ4v) is 4.76. The van der Waals surface area contributed by atoms with Gasteiger partial charge in [0, 0.05) is 55.9 Å². The third kappa shape index (κ3) is 18.7. The predicted molar refractivity (Wildman–Crippen MR) is 206 cm³/mol. The highest BCUT2D eigenvalue weighted by molar-refractivity contribution is 6.13. The highest BCUT2D eigenvalue weighted by Crippen LogP contribution is 2.18. The van der Waals surface area contributed by atoms with Crippen LogP contribution in [0.15, 0.2) is 60.7 Å². The first-order valence-corrected chi connectivity index (χ1v) is 18.5. The summed E-state index contributed by atoms with van der Waals surface area (Å²) >= 11 is 0. The van der Waals surface area contributed by atoms with E-state index >= 15 is 0 Å². The number of hydrogen-bond acceptors (Lipinski definition) is 15. The molecule has 0 spiro atoms. The molecule has 320 valence electrons. The van der Waals surface area contributed by atoms with Crippen molar-refractivity contribution < 1.29 is 66.9 Å². The Morgan fingerprint density at radius 1 is 0.695 bits per heavy atom. The van der Waals surface area contributed by atoms with Crippen LogP contribution in [0.4, 0.5) is 16.2 Å². The molecular formula is C38H48N6O15. The van der Waals surface area contributed by atoms with E-state index in [1.807, 2.05) is 0 Å². The molecule has 2 atom stereocenters. The van der Waals surface area contributed by atoms with Gasteiger partial charge in [0.25, 0.3) is 17.5 Å². The third-order valence-electron chi connectivity index (χ3n) is 7.97. The van der Waals surface area contributed by atoms with E-state index in [0.29, 0.717) is 37.7 Å². The molecule has 0 aliphatic carbocycles. The van der Waals surface area contributed by atoms with Gasteiger partial charge >= 0.3 is 6.16 Å². The minimum atomic E-state index is -1.01. The number of nitrogens with one attached hydrogen (secondary N) is 4. The van der Waals surface area contributed by atoms with E-state index in [4.69, 9.17) is 28.4 Å². The lowest BCUT2D eigenvalue weighted by molar-refractivity contribution is -0.384.